The highest BCUT2D eigenvalue weighted by atomic mass is 32.2. The Hall–Kier alpha value is -1.35. The maximum absolute atomic E-state index is 11.9. The zero-order chi connectivity index (χ0) is 18.1. The van der Waals surface area contributed by atoms with E-state index in [0.717, 1.165) is 6.26 Å². The number of rotatable bonds is 4. The van der Waals surface area contributed by atoms with E-state index < -0.39 is 45.3 Å². The summed E-state index contributed by atoms with van der Waals surface area (Å²) >= 11 is 0. The van der Waals surface area contributed by atoms with Gasteiger partial charge in [0, 0.05) is 0 Å². The zero-order valence-corrected chi connectivity index (χ0v) is 14.9. The van der Waals surface area contributed by atoms with Crippen LogP contribution in [0.5, 0.6) is 0 Å². The summed E-state index contributed by atoms with van der Waals surface area (Å²) < 4.78 is 33.0. The van der Waals surface area contributed by atoms with Gasteiger partial charge in [-0.3, -0.25) is 8.98 Å². The molecule has 2 N–H and O–H groups in total. The Morgan fingerprint density at radius 3 is 2.30 bits per heavy atom. The number of carboxylic acid groups (broad SMARTS) is 1. The van der Waals surface area contributed by atoms with Crippen molar-refractivity contribution in [3.05, 3.63) is 0 Å². The third kappa shape index (κ3) is 6.34. The third-order valence-corrected chi connectivity index (χ3v) is 4.22. The predicted octanol–water partition coefficient (Wildman–Crippen LogP) is 1.50. The summed E-state index contributed by atoms with van der Waals surface area (Å²) in [5.41, 5.74) is -1.79. The summed E-state index contributed by atoms with van der Waals surface area (Å²) in [7, 11) is -3.79. The summed E-state index contributed by atoms with van der Waals surface area (Å²) in [6.45, 7) is 6.66. The van der Waals surface area contributed by atoms with Gasteiger partial charge in [-0.25, -0.2) is 4.79 Å². The molecule has 0 aromatic carbocycles. The van der Waals surface area contributed by atoms with Crippen molar-refractivity contribution in [2.45, 2.75) is 64.7 Å². The minimum Gasteiger partial charge on any atom is -0.481 e. The van der Waals surface area contributed by atoms with Gasteiger partial charge in [0.2, 0.25) is 0 Å². The molecule has 23 heavy (non-hydrogen) atoms. The molecule has 1 saturated carbocycles. The topological polar surface area (TPSA) is 119 Å². The van der Waals surface area contributed by atoms with Crippen LogP contribution in [0.3, 0.4) is 0 Å². The minimum atomic E-state index is -3.79. The molecule has 0 aromatic rings. The first-order valence-corrected chi connectivity index (χ1v) is 9.15. The number of nitrogens with one attached hydrogen (secondary N) is 1. The van der Waals surface area contributed by atoms with E-state index in [0.29, 0.717) is 6.42 Å². The molecule has 134 valence electrons. The first-order valence-electron chi connectivity index (χ1n) is 7.33. The van der Waals surface area contributed by atoms with Crippen molar-refractivity contribution < 1.29 is 32.0 Å². The number of hydrogen-bond donors (Lipinski definition) is 2. The standard InChI is InChI=1S/C14H25NO7S/c1-13(2,3)21-12(18)15-9-6-7-14(4,11(16)17)8-10(9)22-23(5,19)20/h9-10H,6-8H2,1-5H3,(H,15,18)(H,16,17)/t9-,10-,14+/m0/s1. The van der Waals surface area contributed by atoms with Gasteiger partial charge in [-0.05, 0) is 47.0 Å². The lowest BCUT2D eigenvalue weighted by atomic mass is 9.72. The van der Waals surface area contributed by atoms with Crippen LogP contribution in [0.2, 0.25) is 0 Å². The summed E-state index contributed by atoms with van der Waals surface area (Å²) in [6, 6.07) is -0.632. The molecule has 8 nitrogen and oxygen atoms in total. The van der Waals surface area contributed by atoms with Crippen molar-refractivity contribution in [1.29, 1.82) is 0 Å². The average molecular weight is 351 g/mol. The fraction of sp³-hybridized carbons (Fsp3) is 0.857. The number of amides is 1. The van der Waals surface area contributed by atoms with Gasteiger partial charge in [0.05, 0.1) is 23.8 Å². The summed E-state index contributed by atoms with van der Waals surface area (Å²) in [4.78, 5) is 23.3. The second-order valence-electron chi connectivity index (χ2n) is 7.20. The van der Waals surface area contributed by atoms with E-state index in [1.807, 2.05) is 0 Å². The van der Waals surface area contributed by atoms with Crippen LogP contribution in [0, 0.1) is 5.41 Å². The van der Waals surface area contributed by atoms with E-state index in [9.17, 15) is 23.1 Å². The number of aliphatic carboxylic acids is 1. The summed E-state index contributed by atoms with van der Waals surface area (Å²) in [6.07, 6.45) is -0.190. The van der Waals surface area contributed by atoms with Gasteiger partial charge in [0.25, 0.3) is 10.1 Å². The Bertz CT molecular complexity index is 566. The number of carboxylic acids is 1. The van der Waals surface area contributed by atoms with Crippen molar-refractivity contribution in [1.82, 2.24) is 5.32 Å². The number of carbonyl (C=O) groups is 2. The molecule has 0 aliphatic heterocycles. The molecule has 1 fully saturated rings. The Morgan fingerprint density at radius 1 is 1.30 bits per heavy atom. The van der Waals surface area contributed by atoms with Crippen LogP contribution < -0.4 is 5.32 Å². The number of ether oxygens (including phenoxy) is 1. The maximum atomic E-state index is 11.9. The van der Waals surface area contributed by atoms with Crippen molar-refractivity contribution in [2.75, 3.05) is 6.26 Å². The largest absolute Gasteiger partial charge is 0.481 e. The molecule has 0 spiro atoms. The molecule has 1 rings (SSSR count). The number of alkyl carbamates (subject to hydrolysis) is 1. The Morgan fingerprint density at radius 2 is 1.87 bits per heavy atom. The van der Waals surface area contributed by atoms with E-state index in [2.05, 4.69) is 5.32 Å². The summed E-state index contributed by atoms with van der Waals surface area (Å²) in [5.74, 6) is -1.02. The maximum Gasteiger partial charge on any atom is 0.407 e. The molecular formula is C14H25NO7S. The normalized spacial score (nSPS) is 28.9. The van der Waals surface area contributed by atoms with Crippen LogP contribution in [0.25, 0.3) is 0 Å². The highest BCUT2D eigenvalue weighted by Crippen LogP contribution is 2.38. The van der Waals surface area contributed by atoms with Gasteiger partial charge in [-0.15, -0.1) is 0 Å². The molecule has 0 aromatic heterocycles. The molecule has 1 amide bonds. The van der Waals surface area contributed by atoms with Crippen LogP contribution in [0.15, 0.2) is 0 Å². The van der Waals surface area contributed by atoms with E-state index in [4.69, 9.17) is 8.92 Å². The molecule has 0 heterocycles. The Kier molecular flexibility index (Phi) is 5.69. The van der Waals surface area contributed by atoms with E-state index in [-0.39, 0.29) is 12.8 Å². The Balaban J connectivity index is 2.88. The van der Waals surface area contributed by atoms with Crippen molar-refractivity contribution in [2.24, 2.45) is 5.41 Å². The summed E-state index contributed by atoms with van der Waals surface area (Å²) in [5, 5.41) is 11.9. The molecular weight excluding hydrogens is 326 g/mol. The minimum absolute atomic E-state index is 0.0180. The van der Waals surface area contributed by atoms with Gasteiger partial charge in [-0.2, -0.15) is 8.42 Å². The van der Waals surface area contributed by atoms with Crippen LogP contribution in [-0.2, 0) is 23.8 Å². The van der Waals surface area contributed by atoms with Crippen LogP contribution >= 0.6 is 0 Å². The first kappa shape index (κ1) is 19.7. The highest BCUT2D eigenvalue weighted by molar-refractivity contribution is 7.86. The van der Waals surface area contributed by atoms with Crippen molar-refractivity contribution in [3.8, 4) is 0 Å². The SMILES string of the molecule is CC(C)(C)OC(=O)N[C@H]1CC[C@@](C)(C(=O)O)C[C@@H]1OS(C)(=O)=O. The lowest BCUT2D eigenvalue weighted by Gasteiger charge is -2.39. The molecule has 1 aliphatic rings. The predicted molar refractivity (Wildman–Crippen MR) is 82.5 cm³/mol. The van der Waals surface area contributed by atoms with Gasteiger partial charge >= 0.3 is 12.1 Å². The van der Waals surface area contributed by atoms with Crippen LogP contribution in [0.1, 0.15) is 47.0 Å². The molecule has 1 aliphatic carbocycles. The Labute approximate surface area is 136 Å². The molecule has 0 saturated heterocycles. The van der Waals surface area contributed by atoms with Crippen LogP contribution in [0.4, 0.5) is 4.79 Å². The van der Waals surface area contributed by atoms with Gasteiger partial charge < -0.3 is 15.2 Å². The number of carbonyl (C=O) groups excluding carboxylic acids is 1. The fourth-order valence-corrected chi connectivity index (χ4v) is 3.14. The zero-order valence-electron chi connectivity index (χ0n) is 14.1. The van der Waals surface area contributed by atoms with Gasteiger partial charge in [0.15, 0.2) is 0 Å². The van der Waals surface area contributed by atoms with Crippen LogP contribution in [-0.4, -0.2) is 49.6 Å². The average Bonchev–Trinajstić information content (AvgIpc) is 2.28. The lowest BCUT2D eigenvalue weighted by molar-refractivity contribution is -0.152. The molecule has 0 unspecified atom stereocenters. The lowest BCUT2D eigenvalue weighted by Crippen LogP contribution is -2.53. The molecule has 0 bridgehead atoms. The molecule has 9 heteroatoms. The quantitative estimate of drug-likeness (QED) is 0.737. The third-order valence-electron chi connectivity index (χ3n) is 3.62. The van der Waals surface area contributed by atoms with Crippen molar-refractivity contribution in [3.63, 3.8) is 0 Å². The molecule has 3 atom stereocenters. The van der Waals surface area contributed by atoms with E-state index in [1.54, 1.807) is 20.8 Å². The number of hydrogen-bond acceptors (Lipinski definition) is 6. The molecule has 0 radical (unpaired) electrons. The van der Waals surface area contributed by atoms with Crippen molar-refractivity contribution >= 4 is 22.2 Å². The smallest absolute Gasteiger partial charge is 0.407 e. The second-order valence-corrected chi connectivity index (χ2v) is 8.80. The second kappa shape index (κ2) is 6.64. The van der Waals surface area contributed by atoms with E-state index in [1.165, 1.54) is 6.92 Å². The van der Waals surface area contributed by atoms with Gasteiger partial charge in [0.1, 0.15) is 5.60 Å². The van der Waals surface area contributed by atoms with E-state index >= 15 is 0 Å². The highest BCUT2D eigenvalue weighted by Gasteiger charge is 2.45. The fourth-order valence-electron chi connectivity index (χ4n) is 2.49. The first-order chi connectivity index (χ1) is 10.2. The monoisotopic (exact) mass is 351 g/mol. The van der Waals surface area contributed by atoms with Gasteiger partial charge in [-0.1, -0.05) is 0 Å².